The molecule has 7 heteroatoms. The number of nitrogens with zero attached hydrogens (tertiary/aromatic N) is 2. The first-order chi connectivity index (χ1) is 16.9. The van der Waals surface area contributed by atoms with Gasteiger partial charge < -0.3 is 19.5 Å². The van der Waals surface area contributed by atoms with Gasteiger partial charge in [0.05, 0.1) is 30.4 Å². The number of methoxy groups -OCH3 is 1. The van der Waals surface area contributed by atoms with Crippen LogP contribution in [0.4, 0.5) is 0 Å². The molecule has 0 radical (unpaired) electrons. The van der Waals surface area contributed by atoms with Crippen molar-refractivity contribution in [2.75, 3.05) is 7.11 Å². The Morgan fingerprint density at radius 1 is 1.17 bits per heavy atom. The Morgan fingerprint density at radius 2 is 1.91 bits per heavy atom. The summed E-state index contributed by atoms with van der Waals surface area (Å²) in [5.74, 6) is 0.551. The van der Waals surface area contributed by atoms with Gasteiger partial charge >= 0.3 is 0 Å². The number of amides is 2. The predicted octanol–water partition coefficient (Wildman–Crippen LogP) is 5.53. The molecule has 5 rings (SSSR count). The van der Waals surface area contributed by atoms with Gasteiger partial charge in [0.25, 0.3) is 5.91 Å². The monoisotopic (exact) mass is 493 g/mol. The summed E-state index contributed by atoms with van der Waals surface area (Å²) in [5, 5.41) is 3.35. The van der Waals surface area contributed by atoms with E-state index in [0.717, 1.165) is 53.6 Å². The van der Waals surface area contributed by atoms with Crippen LogP contribution < -0.4 is 10.1 Å². The first-order valence-corrected chi connectivity index (χ1v) is 13.6. The second kappa shape index (κ2) is 9.69. The molecular formula is C28H35N3O3S. The molecule has 1 aliphatic carbocycles. The van der Waals surface area contributed by atoms with Crippen LogP contribution >= 0.6 is 11.3 Å². The molecule has 1 fully saturated rings. The molecule has 0 unspecified atom stereocenters. The maximum Gasteiger partial charge on any atom is 0.271 e. The summed E-state index contributed by atoms with van der Waals surface area (Å²) in [6.07, 6.45) is 7.71. The average molecular weight is 494 g/mol. The zero-order chi connectivity index (χ0) is 24.6. The average Bonchev–Trinajstić information content (AvgIpc) is 3.30. The molecule has 3 aromatic rings. The minimum absolute atomic E-state index is 0.0638. The fourth-order valence-electron chi connectivity index (χ4n) is 5.58. The Balaban J connectivity index is 1.55. The van der Waals surface area contributed by atoms with Gasteiger partial charge in [-0.3, -0.25) is 9.59 Å². The van der Waals surface area contributed by atoms with Gasteiger partial charge in [0.1, 0.15) is 17.0 Å². The molecule has 0 saturated heterocycles. The van der Waals surface area contributed by atoms with Crippen LogP contribution in [0.15, 0.2) is 36.4 Å². The van der Waals surface area contributed by atoms with E-state index in [0.29, 0.717) is 18.8 Å². The summed E-state index contributed by atoms with van der Waals surface area (Å²) >= 11 is 1.73. The van der Waals surface area contributed by atoms with Gasteiger partial charge in [0.2, 0.25) is 5.91 Å². The summed E-state index contributed by atoms with van der Waals surface area (Å²) in [7, 11) is 1.64. The molecule has 2 aliphatic rings. The van der Waals surface area contributed by atoms with Gasteiger partial charge in [-0.15, -0.1) is 11.3 Å². The number of aryl methyl sites for hydroxylation is 1. The van der Waals surface area contributed by atoms with Crippen LogP contribution in [-0.4, -0.2) is 40.0 Å². The highest BCUT2D eigenvalue weighted by molar-refractivity contribution is 7.19. The van der Waals surface area contributed by atoms with Gasteiger partial charge in [0, 0.05) is 16.5 Å². The van der Waals surface area contributed by atoms with E-state index >= 15 is 0 Å². The number of para-hydroxylation sites is 1. The molecule has 2 aromatic heterocycles. The van der Waals surface area contributed by atoms with Crippen molar-refractivity contribution >= 4 is 33.4 Å². The second-order valence-electron chi connectivity index (χ2n) is 10.1. The molecule has 1 aromatic carbocycles. The van der Waals surface area contributed by atoms with Crippen molar-refractivity contribution in [1.29, 1.82) is 0 Å². The first kappa shape index (κ1) is 23.9. The highest BCUT2D eigenvalue weighted by Crippen LogP contribution is 2.37. The van der Waals surface area contributed by atoms with E-state index in [-0.39, 0.29) is 17.9 Å². The number of fused-ring (bicyclic) bond motifs is 3. The molecule has 2 amide bonds. The Kier molecular flexibility index (Phi) is 6.62. The van der Waals surface area contributed by atoms with Gasteiger partial charge in [0.15, 0.2) is 0 Å². The summed E-state index contributed by atoms with van der Waals surface area (Å²) in [5.41, 5.74) is 1.59. The molecule has 1 atom stereocenters. The van der Waals surface area contributed by atoms with Crippen molar-refractivity contribution in [3.8, 4) is 5.75 Å². The molecule has 1 N–H and O–H groups in total. The molecule has 1 aliphatic heterocycles. The van der Waals surface area contributed by atoms with E-state index in [4.69, 9.17) is 4.74 Å². The van der Waals surface area contributed by atoms with Crippen LogP contribution in [0, 0.1) is 0 Å². The number of carbonyl (C=O) groups is 2. The fourth-order valence-corrected chi connectivity index (χ4v) is 6.62. The topological polar surface area (TPSA) is 63.6 Å². The van der Waals surface area contributed by atoms with E-state index in [1.807, 2.05) is 37.3 Å². The van der Waals surface area contributed by atoms with Gasteiger partial charge in [-0.2, -0.15) is 0 Å². The third kappa shape index (κ3) is 4.35. The van der Waals surface area contributed by atoms with Crippen LogP contribution in [0.3, 0.4) is 0 Å². The largest absolute Gasteiger partial charge is 0.496 e. The summed E-state index contributed by atoms with van der Waals surface area (Å²) in [4.78, 5) is 31.0. The van der Waals surface area contributed by atoms with Gasteiger partial charge in [-0.25, -0.2) is 0 Å². The quantitative estimate of drug-likeness (QED) is 0.460. The lowest BCUT2D eigenvalue weighted by Crippen LogP contribution is -2.64. The van der Waals surface area contributed by atoms with Crippen LogP contribution in [-0.2, 0) is 24.3 Å². The highest BCUT2D eigenvalue weighted by atomic mass is 32.1. The second-order valence-corrected chi connectivity index (χ2v) is 11.2. The third-order valence-corrected chi connectivity index (χ3v) is 8.93. The van der Waals surface area contributed by atoms with Crippen molar-refractivity contribution in [3.63, 3.8) is 0 Å². The molecular weight excluding hydrogens is 458 g/mol. The lowest BCUT2D eigenvalue weighted by atomic mass is 9.92. The molecule has 0 bridgehead atoms. The standard InChI is InChI=1S/C28H35N3O3S/c1-4-21-15-22-25(35-21)16-23-26(32)31(17-19-11-9-10-14-24(19)34-3)28(2,18-30(22)23)27(33)29-20-12-7-5-6-8-13-20/h9-11,14-16,20H,4-8,12-13,17-18H2,1-3H3,(H,29,33)/t28-/m0/s1. The van der Waals surface area contributed by atoms with Crippen molar-refractivity contribution in [3.05, 3.63) is 52.5 Å². The van der Waals surface area contributed by atoms with Crippen LogP contribution in [0.5, 0.6) is 5.75 Å². The number of aromatic nitrogens is 1. The number of carbonyl (C=O) groups excluding carboxylic acids is 2. The van der Waals surface area contributed by atoms with Crippen molar-refractivity contribution in [2.24, 2.45) is 0 Å². The molecule has 0 spiro atoms. The summed E-state index contributed by atoms with van der Waals surface area (Å²) < 4.78 is 8.75. The maximum atomic E-state index is 14.0. The van der Waals surface area contributed by atoms with Crippen molar-refractivity contribution in [1.82, 2.24) is 14.8 Å². The van der Waals surface area contributed by atoms with E-state index < -0.39 is 5.54 Å². The Labute approximate surface area is 211 Å². The lowest BCUT2D eigenvalue weighted by molar-refractivity contribution is -0.134. The zero-order valence-corrected chi connectivity index (χ0v) is 21.7. The smallest absolute Gasteiger partial charge is 0.271 e. The van der Waals surface area contributed by atoms with Gasteiger partial charge in [-0.05, 0) is 44.4 Å². The summed E-state index contributed by atoms with van der Waals surface area (Å²) in [6.45, 7) is 4.82. The number of ether oxygens (including phenoxy) is 1. The van der Waals surface area contributed by atoms with E-state index in [1.165, 1.54) is 17.7 Å². The lowest BCUT2D eigenvalue weighted by Gasteiger charge is -2.44. The van der Waals surface area contributed by atoms with E-state index in [1.54, 1.807) is 23.3 Å². The number of nitrogens with one attached hydrogen (secondary N) is 1. The normalized spacial score (nSPS) is 21.1. The minimum atomic E-state index is -1.02. The highest BCUT2D eigenvalue weighted by Gasteiger charge is 2.48. The molecule has 1 saturated carbocycles. The van der Waals surface area contributed by atoms with E-state index in [2.05, 4.69) is 22.9 Å². The SMILES string of the molecule is CCc1cc2c(cc3n2C[C@@](C)(C(=O)NC2CCCCCC2)N(Cc2ccccc2OC)C3=O)s1. The van der Waals surface area contributed by atoms with Crippen LogP contribution in [0.2, 0.25) is 0 Å². The Hall–Kier alpha value is -2.80. The van der Waals surface area contributed by atoms with Crippen molar-refractivity contribution in [2.45, 2.75) is 83.5 Å². The first-order valence-electron chi connectivity index (χ1n) is 12.8. The van der Waals surface area contributed by atoms with Crippen LogP contribution in [0.1, 0.15) is 73.3 Å². The van der Waals surface area contributed by atoms with Crippen molar-refractivity contribution < 1.29 is 14.3 Å². The number of rotatable bonds is 6. The van der Waals surface area contributed by atoms with Crippen LogP contribution in [0.25, 0.3) is 10.2 Å². The maximum absolute atomic E-state index is 14.0. The van der Waals surface area contributed by atoms with Gasteiger partial charge in [-0.1, -0.05) is 50.8 Å². The molecule has 186 valence electrons. The minimum Gasteiger partial charge on any atom is -0.496 e. The number of benzene rings is 1. The third-order valence-electron chi connectivity index (χ3n) is 7.72. The predicted molar refractivity (Wildman–Crippen MR) is 140 cm³/mol. The molecule has 6 nitrogen and oxygen atoms in total. The van der Waals surface area contributed by atoms with E-state index in [9.17, 15) is 9.59 Å². The molecule has 3 heterocycles. The number of thiophene rings is 1. The Bertz CT molecular complexity index is 1240. The number of hydrogen-bond donors (Lipinski definition) is 1. The fraction of sp³-hybridized carbons (Fsp3) is 0.500. The summed E-state index contributed by atoms with van der Waals surface area (Å²) in [6, 6.07) is 12.1. The number of hydrogen-bond acceptors (Lipinski definition) is 4. The zero-order valence-electron chi connectivity index (χ0n) is 20.9. The molecule has 35 heavy (non-hydrogen) atoms. The Morgan fingerprint density at radius 3 is 2.63 bits per heavy atom.